The van der Waals surface area contributed by atoms with Crippen molar-refractivity contribution in [3.63, 3.8) is 0 Å². The molecular formula is C17H24BrF2N3O3. The van der Waals surface area contributed by atoms with E-state index in [9.17, 15) is 8.78 Å². The molecule has 1 aliphatic heterocycles. The molecular weight excluding hydrogens is 412 g/mol. The number of ether oxygens (including phenoxy) is 3. The number of alkyl halides is 2. The SMILES string of the molecule is CN=C(NCCCOC1CCOC1)NCc1cc(Br)ccc1OC(F)F. The molecule has 1 unspecified atom stereocenters. The summed E-state index contributed by atoms with van der Waals surface area (Å²) < 4.78 is 41.3. The van der Waals surface area contributed by atoms with Crippen molar-refractivity contribution in [2.75, 3.05) is 33.4 Å². The second kappa shape index (κ2) is 11.3. The first-order chi connectivity index (χ1) is 12.6. The third kappa shape index (κ3) is 7.43. The number of nitrogens with one attached hydrogen (secondary N) is 2. The van der Waals surface area contributed by atoms with E-state index >= 15 is 0 Å². The molecule has 6 nitrogen and oxygen atoms in total. The highest BCUT2D eigenvalue weighted by atomic mass is 79.9. The topological polar surface area (TPSA) is 64.1 Å². The van der Waals surface area contributed by atoms with Crippen LogP contribution in [0.3, 0.4) is 0 Å². The Hall–Kier alpha value is -1.45. The molecule has 0 aliphatic carbocycles. The van der Waals surface area contributed by atoms with Gasteiger partial charge in [0.1, 0.15) is 5.75 Å². The summed E-state index contributed by atoms with van der Waals surface area (Å²) in [4.78, 5) is 4.12. The van der Waals surface area contributed by atoms with Gasteiger partial charge in [-0.2, -0.15) is 8.78 Å². The van der Waals surface area contributed by atoms with Gasteiger partial charge in [0.05, 0.1) is 12.7 Å². The zero-order valence-electron chi connectivity index (χ0n) is 14.6. The number of guanidine groups is 1. The number of aliphatic imine (C=N–C) groups is 1. The van der Waals surface area contributed by atoms with Crippen molar-refractivity contribution in [1.29, 1.82) is 0 Å². The lowest BCUT2D eigenvalue weighted by Gasteiger charge is -2.15. The lowest BCUT2D eigenvalue weighted by atomic mass is 10.2. The van der Waals surface area contributed by atoms with E-state index in [1.54, 1.807) is 19.2 Å². The summed E-state index contributed by atoms with van der Waals surface area (Å²) in [7, 11) is 1.65. The van der Waals surface area contributed by atoms with Gasteiger partial charge >= 0.3 is 6.61 Å². The lowest BCUT2D eigenvalue weighted by Crippen LogP contribution is -2.37. The van der Waals surface area contributed by atoms with E-state index in [0.717, 1.165) is 23.9 Å². The Labute approximate surface area is 160 Å². The highest BCUT2D eigenvalue weighted by molar-refractivity contribution is 9.10. The first kappa shape index (κ1) is 20.9. The molecule has 0 amide bonds. The largest absolute Gasteiger partial charge is 0.434 e. The Bertz CT molecular complexity index is 584. The summed E-state index contributed by atoms with van der Waals surface area (Å²) in [5, 5.41) is 6.26. The molecule has 1 aliphatic rings. The first-order valence-corrected chi connectivity index (χ1v) is 9.25. The van der Waals surface area contributed by atoms with Gasteiger partial charge < -0.3 is 24.8 Å². The molecule has 26 heavy (non-hydrogen) atoms. The summed E-state index contributed by atoms with van der Waals surface area (Å²) in [5.74, 6) is 0.718. The Balaban J connectivity index is 1.73. The highest BCUT2D eigenvalue weighted by Gasteiger charge is 2.15. The Kier molecular flexibility index (Phi) is 9.07. The van der Waals surface area contributed by atoms with Crippen LogP contribution >= 0.6 is 15.9 Å². The van der Waals surface area contributed by atoms with Crippen LogP contribution in [-0.4, -0.2) is 52.1 Å². The summed E-state index contributed by atoms with van der Waals surface area (Å²) in [6.45, 7) is 0.218. The maximum Gasteiger partial charge on any atom is 0.387 e. The van der Waals surface area contributed by atoms with Crippen LogP contribution in [0.2, 0.25) is 0 Å². The standard InChI is InChI=1S/C17H24BrF2N3O3/c1-21-17(22-6-2-7-25-14-5-8-24-11-14)23-10-12-9-13(18)3-4-15(12)26-16(19)20/h3-4,9,14,16H,2,5-8,10-11H2,1H3,(H2,21,22,23). The number of hydrogen-bond donors (Lipinski definition) is 2. The van der Waals surface area contributed by atoms with Crippen molar-refractivity contribution in [1.82, 2.24) is 10.6 Å². The van der Waals surface area contributed by atoms with E-state index < -0.39 is 6.61 Å². The van der Waals surface area contributed by atoms with E-state index in [4.69, 9.17) is 9.47 Å². The van der Waals surface area contributed by atoms with Gasteiger partial charge in [-0.05, 0) is 31.0 Å². The molecule has 0 spiro atoms. The Morgan fingerprint density at radius 2 is 2.27 bits per heavy atom. The summed E-state index contributed by atoms with van der Waals surface area (Å²) in [5.41, 5.74) is 0.604. The number of benzene rings is 1. The summed E-state index contributed by atoms with van der Waals surface area (Å²) in [6, 6.07) is 4.90. The minimum Gasteiger partial charge on any atom is -0.434 e. The van der Waals surface area contributed by atoms with Crippen LogP contribution in [0.1, 0.15) is 18.4 Å². The lowest BCUT2D eigenvalue weighted by molar-refractivity contribution is -0.0504. The predicted octanol–water partition coefficient (Wildman–Crippen LogP) is 2.91. The molecule has 1 fully saturated rings. The van der Waals surface area contributed by atoms with Gasteiger partial charge in [0.15, 0.2) is 5.96 Å². The predicted molar refractivity (Wildman–Crippen MR) is 98.8 cm³/mol. The second-order valence-electron chi connectivity index (χ2n) is 5.69. The minimum absolute atomic E-state index is 0.137. The van der Waals surface area contributed by atoms with Crippen LogP contribution in [0, 0.1) is 0 Å². The van der Waals surface area contributed by atoms with E-state index in [0.29, 0.717) is 37.8 Å². The molecule has 1 aromatic rings. The molecule has 2 rings (SSSR count). The molecule has 2 N–H and O–H groups in total. The van der Waals surface area contributed by atoms with Crippen LogP contribution in [-0.2, 0) is 16.0 Å². The van der Waals surface area contributed by atoms with Crippen molar-refractivity contribution in [2.45, 2.75) is 32.1 Å². The molecule has 0 aromatic heterocycles. The highest BCUT2D eigenvalue weighted by Crippen LogP contribution is 2.24. The van der Waals surface area contributed by atoms with Gasteiger partial charge in [0.25, 0.3) is 0 Å². The van der Waals surface area contributed by atoms with Gasteiger partial charge in [0, 0.05) is 43.4 Å². The number of nitrogens with zero attached hydrogens (tertiary/aromatic N) is 1. The first-order valence-electron chi connectivity index (χ1n) is 8.45. The third-order valence-electron chi connectivity index (χ3n) is 3.76. The van der Waals surface area contributed by atoms with Crippen molar-refractivity contribution in [3.05, 3.63) is 28.2 Å². The fourth-order valence-electron chi connectivity index (χ4n) is 2.47. The number of rotatable bonds is 9. The average molecular weight is 436 g/mol. The molecule has 1 heterocycles. The van der Waals surface area contributed by atoms with Gasteiger partial charge in [0.2, 0.25) is 0 Å². The molecule has 0 saturated carbocycles. The van der Waals surface area contributed by atoms with Crippen molar-refractivity contribution in [3.8, 4) is 5.75 Å². The van der Waals surface area contributed by atoms with Gasteiger partial charge in [-0.25, -0.2) is 0 Å². The van der Waals surface area contributed by atoms with E-state index in [1.165, 1.54) is 6.07 Å². The van der Waals surface area contributed by atoms with Crippen molar-refractivity contribution in [2.24, 2.45) is 4.99 Å². The maximum atomic E-state index is 12.5. The molecule has 146 valence electrons. The van der Waals surface area contributed by atoms with Crippen molar-refractivity contribution < 1.29 is 23.0 Å². The normalized spacial score (nSPS) is 17.6. The van der Waals surface area contributed by atoms with Crippen LogP contribution in [0.4, 0.5) is 8.78 Å². The molecule has 0 bridgehead atoms. The molecule has 1 atom stereocenters. The Morgan fingerprint density at radius 1 is 1.42 bits per heavy atom. The quantitative estimate of drug-likeness (QED) is 0.354. The van der Waals surface area contributed by atoms with Crippen LogP contribution in [0.15, 0.2) is 27.7 Å². The van der Waals surface area contributed by atoms with Crippen LogP contribution in [0.5, 0.6) is 5.75 Å². The third-order valence-corrected chi connectivity index (χ3v) is 4.26. The second-order valence-corrected chi connectivity index (χ2v) is 6.61. The average Bonchev–Trinajstić information content (AvgIpc) is 3.12. The zero-order chi connectivity index (χ0) is 18.8. The summed E-state index contributed by atoms with van der Waals surface area (Å²) in [6.07, 6.45) is 1.98. The zero-order valence-corrected chi connectivity index (χ0v) is 16.2. The molecule has 1 saturated heterocycles. The molecule has 9 heteroatoms. The fourth-order valence-corrected chi connectivity index (χ4v) is 2.88. The van der Waals surface area contributed by atoms with E-state index in [1.807, 2.05) is 0 Å². The number of halogens is 3. The van der Waals surface area contributed by atoms with Gasteiger partial charge in [-0.1, -0.05) is 15.9 Å². The van der Waals surface area contributed by atoms with Crippen molar-refractivity contribution >= 4 is 21.9 Å². The van der Waals surface area contributed by atoms with Gasteiger partial charge in [-0.3, -0.25) is 4.99 Å². The van der Waals surface area contributed by atoms with Gasteiger partial charge in [-0.15, -0.1) is 0 Å². The molecule has 0 radical (unpaired) electrons. The molecule has 1 aromatic carbocycles. The van der Waals surface area contributed by atoms with E-state index in [2.05, 4.69) is 36.3 Å². The number of hydrogen-bond acceptors (Lipinski definition) is 4. The monoisotopic (exact) mass is 435 g/mol. The maximum absolute atomic E-state index is 12.5. The fraction of sp³-hybridized carbons (Fsp3) is 0.588. The smallest absolute Gasteiger partial charge is 0.387 e. The van der Waals surface area contributed by atoms with Crippen LogP contribution < -0.4 is 15.4 Å². The van der Waals surface area contributed by atoms with Crippen LogP contribution in [0.25, 0.3) is 0 Å². The summed E-state index contributed by atoms with van der Waals surface area (Å²) >= 11 is 3.33. The van der Waals surface area contributed by atoms with E-state index in [-0.39, 0.29) is 11.9 Å². The minimum atomic E-state index is -2.86. The Morgan fingerprint density at radius 3 is 2.96 bits per heavy atom.